The number of imide groups is 2. The lowest BCUT2D eigenvalue weighted by Gasteiger charge is -2.27. The lowest BCUT2D eigenvalue weighted by atomic mass is 10.1. The summed E-state index contributed by atoms with van der Waals surface area (Å²) in [7, 11) is 2.99. The molecule has 1 fully saturated rings. The lowest BCUT2D eigenvalue weighted by Crippen LogP contribution is -2.54. The van der Waals surface area contributed by atoms with Gasteiger partial charge in [0.25, 0.3) is 17.7 Å². The molecule has 218 valence electrons. The van der Waals surface area contributed by atoms with E-state index >= 15 is 0 Å². The van der Waals surface area contributed by atoms with Crippen LogP contribution in [0, 0.1) is 0 Å². The molecule has 11 nitrogen and oxygen atoms in total. The standard InChI is InChI=1S/C30H28ClN3O8/c1-4-13-41-25-12-8-20(16-26(25)40-3)34-29(37)22(28(36)33-30(34)38)14-18-5-11-24(23(31)15-18)42-17-27(35)32-19-6-9-21(39-2)10-7-19/h5-12,14-16H,4,13,17H2,1-3H3,(H,32,35)(H,33,36,38)/b22-14-. The summed E-state index contributed by atoms with van der Waals surface area (Å²) < 4.78 is 21.6. The maximum Gasteiger partial charge on any atom is 0.335 e. The Morgan fingerprint density at radius 2 is 1.67 bits per heavy atom. The number of urea groups is 1. The second-order valence-electron chi connectivity index (χ2n) is 8.90. The van der Waals surface area contributed by atoms with Gasteiger partial charge in [-0.1, -0.05) is 24.6 Å². The van der Waals surface area contributed by atoms with E-state index in [-0.39, 0.29) is 28.6 Å². The molecule has 5 amide bonds. The van der Waals surface area contributed by atoms with Crippen LogP contribution in [0.4, 0.5) is 16.2 Å². The van der Waals surface area contributed by atoms with E-state index in [1.165, 1.54) is 37.5 Å². The summed E-state index contributed by atoms with van der Waals surface area (Å²) in [4.78, 5) is 51.7. The first-order valence-corrected chi connectivity index (χ1v) is 13.2. The monoisotopic (exact) mass is 593 g/mol. The van der Waals surface area contributed by atoms with Gasteiger partial charge in [0.15, 0.2) is 18.1 Å². The zero-order valence-electron chi connectivity index (χ0n) is 23.1. The van der Waals surface area contributed by atoms with Gasteiger partial charge in [-0.3, -0.25) is 19.7 Å². The van der Waals surface area contributed by atoms with Crippen LogP contribution in [0.15, 0.2) is 66.2 Å². The van der Waals surface area contributed by atoms with E-state index < -0.39 is 23.8 Å². The summed E-state index contributed by atoms with van der Waals surface area (Å²) in [5, 5.41) is 5.02. The summed E-state index contributed by atoms with van der Waals surface area (Å²) in [5.41, 5.74) is 0.859. The van der Waals surface area contributed by atoms with Crippen LogP contribution in [0.25, 0.3) is 6.08 Å². The fourth-order valence-electron chi connectivity index (χ4n) is 3.92. The Kier molecular flexibility index (Phi) is 9.66. The average Bonchev–Trinajstić information content (AvgIpc) is 2.98. The van der Waals surface area contributed by atoms with Gasteiger partial charge in [-0.25, -0.2) is 9.69 Å². The van der Waals surface area contributed by atoms with Gasteiger partial charge in [-0.05, 0) is 66.6 Å². The normalized spacial score (nSPS) is 14.0. The lowest BCUT2D eigenvalue weighted by molar-refractivity contribution is -0.122. The number of carbonyl (C=O) groups is 4. The maximum absolute atomic E-state index is 13.3. The minimum atomic E-state index is -0.902. The number of hydrogen-bond acceptors (Lipinski definition) is 8. The Labute approximate surface area is 246 Å². The predicted molar refractivity (Wildman–Crippen MR) is 156 cm³/mol. The first-order chi connectivity index (χ1) is 20.2. The molecule has 1 aliphatic heterocycles. The van der Waals surface area contributed by atoms with Crippen LogP contribution in [-0.2, 0) is 14.4 Å². The zero-order valence-corrected chi connectivity index (χ0v) is 23.8. The van der Waals surface area contributed by atoms with Crippen molar-refractivity contribution in [3.63, 3.8) is 0 Å². The van der Waals surface area contributed by atoms with E-state index in [4.69, 9.17) is 30.5 Å². The van der Waals surface area contributed by atoms with Crippen molar-refractivity contribution in [3.05, 3.63) is 76.8 Å². The minimum Gasteiger partial charge on any atom is -0.497 e. The number of benzene rings is 3. The van der Waals surface area contributed by atoms with Gasteiger partial charge in [-0.2, -0.15) is 0 Å². The molecular weight excluding hydrogens is 566 g/mol. The molecule has 0 aliphatic carbocycles. The van der Waals surface area contributed by atoms with Crippen molar-refractivity contribution in [2.45, 2.75) is 13.3 Å². The Morgan fingerprint density at radius 1 is 0.929 bits per heavy atom. The molecule has 42 heavy (non-hydrogen) atoms. The molecule has 0 bridgehead atoms. The molecule has 1 aliphatic rings. The summed E-state index contributed by atoms with van der Waals surface area (Å²) in [6.07, 6.45) is 2.09. The molecule has 1 heterocycles. The molecule has 4 rings (SSSR count). The van der Waals surface area contributed by atoms with Crippen LogP contribution in [0.2, 0.25) is 5.02 Å². The molecule has 0 saturated carbocycles. The van der Waals surface area contributed by atoms with Crippen molar-refractivity contribution in [2.75, 3.05) is 37.7 Å². The van der Waals surface area contributed by atoms with Crippen LogP contribution in [-0.4, -0.2) is 51.2 Å². The van der Waals surface area contributed by atoms with Crippen molar-refractivity contribution >= 4 is 52.8 Å². The number of halogens is 1. The van der Waals surface area contributed by atoms with Crippen molar-refractivity contribution in [1.82, 2.24) is 5.32 Å². The van der Waals surface area contributed by atoms with Crippen LogP contribution < -0.4 is 34.5 Å². The topological polar surface area (TPSA) is 132 Å². The largest absolute Gasteiger partial charge is 0.497 e. The highest BCUT2D eigenvalue weighted by atomic mass is 35.5. The van der Waals surface area contributed by atoms with Crippen molar-refractivity contribution in [3.8, 4) is 23.0 Å². The number of ether oxygens (including phenoxy) is 4. The Hall–Kier alpha value is -5.03. The molecule has 0 aromatic heterocycles. The second kappa shape index (κ2) is 13.6. The molecule has 1 saturated heterocycles. The summed E-state index contributed by atoms with van der Waals surface area (Å²) in [6, 6.07) is 15.0. The molecule has 0 atom stereocenters. The highest BCUT2D eigenvalue weighted by Crippen LogP contribution is 2.34. The van der Waals surface area contributed by atoms with E-state index in [0.717, 1.165) is 11.3 Å². The summed E-state index contributed by atoms with van der Waals surface area (Å²) in [6.45, 7) is 2.11. The molecule has 12 heteroatoms. The van der Waals surface area contributed by atoms with Gasteiger partial charge in [0.1, 0.15) is 17.1 Å². The van der Waals surface area contributed by atoms with E-state index in [0.29, 0.717) is 35.1 Å². The third kappa shape index (κ3) is 6.99. The van der Waals surface area contributed by atoms with Gasteiger partial charge in [0.2, 0.25) is 0 Å². The third-order valence-electron chi connectivity index (χ3n) is 5.97. The number of nitrogens with one attached hydrogen (secondary N) is 2. The number of amides is 5. The number of nitrogens with zero attached hydrogens (tertiary/aromatic N) is 1. The average molecular weight is 594 g/mol. The molecular formula is C30H28ClN3O8. The number of barbiturate groups is 1. The van der Waals surface area contributed by atoms with E-state index in [1.54, 1.807) is 43.5 Å². The van der Waals surface area contributed by atoms with Crippen molar-refractivity contribution in [2.24, 2.45) is 0 Å². The van der Waals surface area contributed by atoms with Crippen LogP contribution in [0.3, 0.4) is 0 Å². The SMILES string of the molecule is CCCOc1ccc(N2C(=O)NC(=O)/C(=C/c3ccc(OCC(=O)Nc4ccc(OC)cc4)c(Cl)c3)C2=O)cc1OC. The van der Waals surface area contributed by atoms with E-state index in [2.05, 4.69) is 10.6 Å². The Bertz CT molecular complexity index is 1540. The first-order valence-electron chi connectivity index (χ1n) is 12.8. The highest BCUT2D eigenvalue weighted by Gasteiger charge is 2.37. The van der Waals surface area contributed by atoms with E-state index in [1.807, 2.05) is 6.92 Å². The Morgan fingerprint density at radius 3 is 2.33 bits per heavy atom. The number of rotatable bonds is 11. The Balaban J connectivity index is 1.47. The first kappa shape index (κ1) is 29.9. The number of methoxy groups -OCH3 is 2. The van der Waals surface area contributed by atoms with Crippen molar-refractivity contribution in [1.29, 1.82) is 0 Å². The van der Waals surface area contributed by atoms with Crippen LogP contribution >= 0.6 is 11.6 Å². The molecule has 3 aromatic carbocycles. The van der Waals surface area contributed by atoms with Crippen LogP contribution in [0.1, 0.15) is 18.9 Å². The molecule has 3 aromatic rings. The fraction of sp³-hybridized carbons (Fsp3) is 0.200. The van der Waals surface area contributed by atoms with Gasteiger partial charge < -0.3 is 24.3 Å². The predicted octanol–water partition coefficient (Wildman–Crippen LogP) is 4.83. The van der Waals surface area contributed by atoms with E-state index in [9.17, 15) is 19.2 Å². The molecule has 0 radical (unpaired) electrons. The van der Waals surface area contributed by atoms with Crippen LogP contribution in [0.5, 0.6) is 23.0 Å². The number of hydrogen-bond donors (Lipinski definition) is 2. The number of anilines is 2. The van der Waals surface area contributed by atoms with Gasteiger partial charge in [0, 0.05) is 11.8 Å². The quantitative estimate of drug-likeness (QED) is 0.239. The summed E-state index contributed by atoms with van der Waals surface area (Å²) in [5.74, 6) is -0.443. The smallest absolute Gasteiger partial charge is 0.335 e. The third-order valence-corrected chi connectivity index (χ3v) is 6.26. The fourth-order valence-corrected chi connectivity index (χ4v) is 4.17. The van der Waals surface area contributed by atoms with Gasteiger partial charge in [0.05, 0.1) is 31.5 Å². The summed E-state index contributed by atoms with van der Waals surface area (Å²) >= 11 is 6.35. The molecule has 0 spiro atoms. The zero-order chi connectivity index (χ0) is 30.2. The molecule has 0 unspecified atom stereocenters. The van der Waals surface area contributed by atoms with Crippen molar-refractivity contribution < 1.29 is 38.1 Å². The van der Waals surface area contributed by atoms with Gasteiger partial charge in [-0.15, -0.1) is 0 Å². The number of carbonyl (C=O) groups excluding carboxylic acids is 4. The highest BCUT2D eigenvalue weighted by molar-refractivity contribution is 6.39. The van der Waals surface area contributed by atoms with Gasteiger partial charge >= 0.3 is 6.03 Å². The maximum atomic E-state index is 13.3. The second-order valence-corrected chi connectivity index (χ2v) is 9.30. The minimum absolute atomic E-state index is 0.144. The molecule has 2 N–H and O–H groups in total.